The van der Waals surface area contributed by atoms with Gasteiger partial charge in [0.25, 0.3) is 11.8 Å². The maximum Gasteiger partial charge on any atom is 0.261 e. The third-order valence-electron chi connectivity index (χ3n) is 7.17. The number of amides is 2. The molecule has 1 aliphatic rings. The number of anilines is 1. The molecule has 0 radical (unpaired) electrons. The first-order chi connectivity index (χ1) is 18.6. The van der Waals surface area contributed by atoms with Crippen LogP contribution in [-0.2, 0) is 0 Å². The molecule has 1 aliphatic heterocycles. The van der Waals surface area contributed by atoms with E-state index < -0.39 is 0 Å². The van der Waals surface area contributed by atoms with Crippen LogP contribution in [0.25, 0.3) is 10.9 Å². The van der Waals surface area contributed by atoms with Gasteiger partial charge in [0.2, 0.25) is 0 Å². The van der Waals surface area contributed by atoms with Crippen molar-refractivity contribution in [1.29, 1.82) is 0 Å². The minimum atomic E-state index is -0.199. The molecule has 0 spiro atoms. The number of imide groups is 1. The van der Waals surface area contributed by atoms with Crippen LogP contribution in [0.15, 0.2) is 48.7 Å². The Morgan fingerprint density at radius 1 is 0.895 bits per heavy atom. The van der Waals surface area contributed by atoms with Crippen LogP contribution >= 0.6 is 0 Å². The molecule has 0 unspecified atom stereocenters. The van der Waals surface area contributed by atoms with Crippen molar-refractivity contribution < 1.29 is 19.1 Å². The van der Waals surface area contributed by atoms with Gasteiger partial charge in [-0.05, 0) is 43.5 Å². The molecule has 2 heterocycles. The maximum absolute atomic E-state index is 12.6. The van der Waals surface area contributed by atoms with Crippen LogP contribution in [-0.4, -0.2) is 55.6 Å². The zero-order valence-electron chi connectivity index (χ0n) is 22.9. The summed E-state index contributed by atoms with van der Waals surface area (Å²) in [5.74, 6) is 1.04. The first kappa shape index (κ1) is 27.4. The predicted octanol–water partition coefficient (Wildman–Crippen LogP) is 6.50. The van der Waals surface area contributed by atoms with Gasteiger partial charge in [-0.2, -0.15) is 0 Å². The Bertz CT molecular complexity index is 1220. The number of carbonyl (C=O) groups excluding carboxylic acids is 2. The Labute approximate surface area is 225 Å². The number of hydrogen-bond donors (Lipinski definition) is 0. The lowest BCUT2D eigenvalue weighted by Gasteiger charge is -2.23. The number of nitrogens with zero attached hydrogens (tertiary/aromatic N) is 3. The SMILES string of the molecule is CCCCCCCCOc1c(OC)cc(N(C)CCCCN2C(=O)c3ccccc3C2=O)c2ncccc12. The molecular formula is C31H39N3O4. The molecule has 7 heteroatoms. The molecule has 0 aliphatic carbocycles. The number of benzene rings is 2. The fourth-order valence-electron chi connectivity index (χ4n) is 5.01. The molecule has 3 aromatic rings. The smallest absolute Gasteiger partial charge is 0.261 e. The number of rotatable bonds is 15. The lowest BCUT2D eigenvalue weighted by Crippen LogP contribution is -2.31. The minimum Gasteiger partial charge on any atom is -0.493 e. The van der Waals surface area contributed by atoms with E-state index in [1.807, 2.05) is 25.2 Å². The van der Waals surface area contributed by atoms with Crippen LogP contribution < -0.4 is 14.4 Å². The van der Waals surface area contributed by atoms with Crippen molar-refractivity contribution in [2.75, 3.05) is 38.8 Å². The Morgan fingerprint density at radius 2 is 1.61 bits per heavy atom. The van der Waals surface area contributed by atoms with Crippen LogP contribution in [0.3, 0.4) is 0 Å². The fraction of sp³-hybridized carbons (Fsp3) is 0.452. The summed E-state index contributed by atoms with van der Waals surface area (Å²) in [6, 6.07) is 13.0. The average molecular weight is 518 g/mol. The molecule has 2 amide bonds. The number of ether oxygens (including phenoxy) is 2. The summed E-state index contributed by atoms with van der Waals surface area (Å²) in [6.07, 6.45) is 10.6. The van der Waals surface area contributed by atoms with E-state index in [0.717, 1.165) is 48.1 Å². The van der Waals surface area contributed by atoms with Gasteiger partial charge in [0.1, 0.15) is 0 Å². The summed E-state index contributed by atoms with van der Waals surface area (Å²) in [7, 11) is 3.70. The van der Waals surface area contributed by atoms with Gasteiger partial charge in [-0.25, -0.2) is 0 Å². The van der Waals surface area contributed by atoms with Gasteiger partial charge in [-0.1, -0.05) is 51.2 Å². The first-order valence-electron chi connectivity index (χ1n) is 13.8. The Morgan fingerprint density at radius 3 is 2.32 bits per heavy atom. The normalized spacial score (nSPS) is 12.8. The predicted molar refractivity (Wildman–Crippen MR) is 151 cm³/mol. The summed E-state index contributed by atoms with van der Waals surface area (Å²) in [5, 5.41) is 0.936. The standard InChI is InChI=1S/C31H39N3O4/c1-4-5-6-7-8-13-21-38-29-25-17-14-18-32-28(25)26(22-27(29)37-3)33(2)19-11-12-20-34-30(35)23-15-9-10-16-24(23)31(34)36/h9-10,14-18,22H,4-8,11-13,19-21H2,1-3H3. The van der Waals surface area contributed by atoms with Crippen molar-refractivity contribution in [3.05, 3.63) is 59.8 Å². The van der Waals surface area contributed by atoms with Crippen molar-refractivity contribution in [2.24, 2.45) is 0 Å². The van der Waals surface area contributed by atoms with E-state index in [2.05, 4.69) is 16.8 Å². The second kappa shape index (κ2) is 13.3. The highest BCUT2D eigenvalue weighted by Gasteiger charge is 2.34. The number of pyridine rings is 1. The van der Waals surface area contributed by atoms with Gasteiger partial charge >= 0.3 is 0 Å². The number of fused-ring (bicyclic) bond motifs is 2. The van der Waals surface area contributed by atoms with E-state index in [1.54, 1.807) is 37.6 Å². The topological polar surface area (TPSA) is 72.0 Å². The van der Waals surface area contributed by atoms with E-state index >= 15 is 0 Å². The number of unbranched alkanes of at least 4 members (excludes halogenated alkanes) is 6. The van der Waals surface area contributed by atoms with Crippen LogP contribution in [0.5, 0.6) is 11.5 Å². The van der Waals surface area contributed by atoms with Crippen molar-refractivity contribution in [1.82, 2.24) is 9.88 Å². The van der Waals surface area contributed by atoms with Gasteiger partial charge in [0.05, 0.1) is 36.0 Å². The lowest BCUT2D eigenvalue weighted by atomic mass is 10.1. The molecule has 0 saturated heterocycles. The van der Waals surface area contributed by atoms with E-state index in [1.165, 1.54) is 37.0 Å². The van der Waals surface area contributed by atoms with Gasteiger partial charge in [-0.3, -0.25) is 19.5 Å². The van der Waals surface area contributed by atoms with E-state index in [4.69, 9.17) is 9.47 Å². The van der Waals surface area contributed by atoms with Crippen LogP contribution in [0, 0.1) is 0 Å². The van der Waals surface area contributed by atoms with Crippen molar-refractivity contribution in [3.63, 3.8) is 0 Å². The van der Waals surface area contributed by atoms with Gasteiger partial charge < -0.3 is 14.4 Å². The second-order valence-electron chi connectivity index (χ2n) is 9.88. The second-order valence-corrected chi connectivity index (χ2v) is 9.88. The van der Waals surface area contributed by atoms with E-state index in [9.17, 15) is 9.59 Å². The Hall–Kier alpha value is -3.61. The average Bonchev–Trinajstić information content (AvgIpc) is 3.19. The van der Waals surface area contributed by atoms with Crippen molar-refractivity contribution >= 4 is 28.4 Å². The largest absolute Gasteiger partial charge is 0.493 e. The van der Waals surface area contributed by atoms with E-state index in [0.29, 0.717) is 30.0 Å². The molecule has 0 N–H and O–H groups in total. The Balaban J connectivity index is 1.37. The highest BCUT2D eigenvalue weighted by atomic mass is 16.5. The van der Waals surface area contributed by atoms with Gasteiger partial charge in [0, 0.05) is 37.8 Å². The summed E-state index contributed by atoms with van der Waals surface area (Å²) in [6.45, 7) is 4.04. The van der Waals surface area contributed by atoms with Gasteiger partial charge in [-0.15, -0.1) is 0 Å². The molecule has 0 bridgehead atoms. The molecule has 2 aromatic carbocycles. The lowest BCUT2D eigenvalue weighted by molar-refractivity contribution is 0.0652. The van der Waals surface area contributed by atoms with E-state index in [-0.39, 0.29) is 11.8 Å². The number of methoxy groups -OCH3 is 1. The summed E-state index contributed by atoms with van der Waals surface area (Å²) >= 11 is 0. The molecule has 0 saturated carbocycles. The highest BCUT2D eigenvalue weighted by Crippen LogP contribution is 2.40. The number of hydrogen-bond acceptors (Lipinski definition) is 6. The molecular weight excluding hydrogens is 478 g/mol. The molecule has 7 nitrogen and oxygen atoms in total. The molecule has 1 aromatic heterocycles. The molecule has 38 heavy (non-hydrogen) atoms. The highest BCUT2D eigenvalue weighted by molar-refractivity contribution is 6.21. The fourth-order valence-corrected chi connectivity index (χ4v) is 5.01. The maximum atomic E-state index is 12.6. The Kier molecular flexibility index (Phi) is 9.57. The first-order valence-corrected chi connectivity index (χ1v) is 13.8. The van der Waals surface area contributed by atoms with Crippen LogP contribution in [0.4, 0.5) is 5.69 Å². The molecule has 0 fully saturated rings. The third-order valence-corrected chi connectivity index (χ3v) is 7.17. The third kappa shape index (κ3) is 6.09. The minimum absolute atomic E-state index is 0.199. The summed E-state index contributed by atoms with van der Waals surface area (Å²) < 4.78 is 12.0. The van der Waals surface area contributed by atoms with Crippen molar-refractivity contribution in [3.8, 4) is 11.5 Å². The van der Waals surface area contributed by atoms with Crippen LogP contribution in [0.1, 0.15) is 79.0 Å². The summed E-state index contributed by atoms with van der Waals surface area (Å²) in [5.41, 5.74) is 2.83. The number of aromatic nitrogens is 1. The molecule has 202 valence electrons. The van der Waals surface area contributed by atoms with Crippen LogP contribution in [0.2, 0.25) is 0 Å². The zero-order chi connectivity index (χ0) is 26.9. The molecule has 0 atom stereocenters. The zero-order valence-corrected chi connectivity index (χ0v) is 22.9. The molecule has 4 rings (SSSR count). The number of carbonyl (C=O) groups is 2. The summed E-state index contributed by atoms with van der Waals surface area (Å²) in [4.78, 5) is 33.4. The monoisotopic (exact) mass is 517 g/mol. The quantitative estimate of drug-likeness (QED) is 0.169. The van der Waals surface area contributed by atoms with Crippen molar-refractivity contribution in [2.45, 2.75) is 58.3 Å². The van der Waals surface area contributed by atoms with Gasteiger partial charge in [0.15, 0.2) is 11.5 Å².